The first-order valence-electron chi connectivity index (χ1n) is 3.94. The van der Waals surface area contributed by atoms with Crippen molar-refractivity contribution in [1.29, 1.82) is 0 Å². The fourth-order valence-corrected chi connectivity index (χ4v) is 1.10. The highest BCUT2D eigenvalue weighted by Crippen LogP contribution is 2.33. The van der Waals surface area contributed by atoms with Gasteiger partial charge in [0, 0.05) is 24.0 Å². The molecule has 0 saturated carbocycles. The van der Waals surface area contributed by atoms with Crippen molar-refractivity contribution in [3.8, 4) is 0 Å². The quantitative estimate of drug-likeness (QED) is 0.569. The van der Waals surface area contributed by atoms with Crippen LogP contribution in [0.3, 0.4) is 0 Å². The number of pyridine rings is 1. The van der Waals surface area contributed by atoms with Gasteiger partial charge in [0.05, 0.1) is 5.56 Å². The van der Waals surface area contributed by atoms with Crippen LogP contribution < -0.4 is 11.3 Å². The number of hydrogen-bond donors (Lipinski definition) is 2. The molecule has 0 aliphatic heterocycles. The van der Waals surface area contributed by atoms with Crippen molar-refractivity contribution in [2.24, 2.45) is 5.84 Å². The average molecular weight is 205 g/mol. The Labute approximate surface area is 79.1 Å². The van der Waals surface area contributed by atoms with E-state index in [2.05, 4.69) is 10.4 Å². The topological polar surface area (TPSA) is 50.9 Å². The van der Waals surface area contributed by atoms with Crippen LogP contribution in [0, 0.1) is 0 Å². The first-order chi connectivity index (χ1) is 6.46. The molecule has 0 aliphatic rings. The summed E-state index contributed by atoms with van der Waals surface area (Å²) in [6.45, 7) is 1.53. The zero-order valence-corrected chi connectivity index (χ0v) is 7.47. The molecule has 6 heteroatoms. The molecule has 1 aromatic heterocycles. The molecule has 1 rings (SSSR count). The number of nitrogens with two attached hydrogens (primary N) is 1. The summed E-state index contributed by atoms with van der Waals surface area (Å²) in [5, 5.41) is 0. The fraction of sp³-hybridized carbons (Fsp3) is 0.375. The first-order valence-corrected chi connectivity index (χ1v) is 3.94. The maximum absolute atomic E-state index is 12.4. The number of nitrogens with one attached hydrogen (secondary N) is 1. The third kappa shape index (κ3) is 2.21. The highest BCUT2D eigenvalue weighted by atomic mass is 19.4. The predicted octanol–water partition coefficient (Wildman–Crippen LogP) is 1.62. The molecule has 0 radical (unpaired) electrons. The lowest BCUT2D eigenvalue weighted by Crippen LogP contribution is -2.27. The summed E-state index contributed by atoms with van der Waals surface area (Å²) in [5.41, 5.74) is 1.59. The summed E-state index contributed by atoms with van der Waals surface area (Å²) in [7, 11) is 0. The molecule has 0 spiro atoms. The molecule has 0 bridgehead atoms. The standard InChI is InChI=1S/C8H10F3N3/c1-5(14-12)6-4-13-3-2-7(6)8(9,10)11/h2-5,14H,12H2,1H3. The van der Waals surface area contributed by atoms with Crippen molar-refractivity contribution < 1.29 is 13.2 Å². The van der Waals surface area contributed by atoms with E-state index >= 15 is 0 Å². The molecule has 0 saturated heterocycles. The summed E-state index contributed by atoms with van der Waals surface area (Å²) in [4.78, 5) is 3.63. The molecule has 3 nitrogen and oxygen atoms in total. The van der Waals surface area contributed by atoms with E-state index in [-0.39, 0.29) is 5.56 Å². The van der Waals surface area contributed by atoms with Gasteiger partial charge in [0.15, 0.2) is 0 Å². The van der Waals surface area contributed by atoms with E-state index in [0.717, 1.165) is 18.5 Å². The van der Waals surface area contributed by atoms with Crippen LogP contribution in [0.1, 0.15) is 24.1 Å². The Morgan fingerprint density at radius 1 is 1.50 bits per heavy atom. The van der Waals surface area contributed by atoms with Gasteiger partial charge in [-0.3, -0.25) is 16.3 Å². The number of nitrogens with zero attached hydrogens (tertiary/aromatic N) is 1. The minimum absolute atomic E-state index is 0.0440. The second-order valence-electron chi connectivity index (χ2n) is 2.85. The number of hydrogen-bond acceptors (Lipinski definition) is 3. The molecule has 1 atom stereocenters. The van der Waals surface area contributed by atoms with Gasteiger partial charge < -0.3 is 0 Å². The van der Waals surface area contributed by atoms with Crippen molar-refractivity contribution >= 4 is 0 Å². The van der Waals surface area contributed by atoms with E-state index in [1.807, 2.05) is 0 Å². The fourth-order valence-electron chi connectivity index (χ4n) is 1.10. The summed E-state index contributed by atoms with van der Waals surface area (Å²) in [6.07, 6.45) is -2.10. The number of rotatable bonds is 2. The van der Waals surface area contributed by atoms with Crippen molar-refractivity contribution in [3.05, 3.63) is 29.6 Å². The van der Waals surface area contributed by atoms with Crippen molar-refractivity contribution in [2.75, 3.05) is 0 Å². The average Bonchev–Trinajstić information content (AvgIpc) is 2.15. The second kappa shape index (κ2) is 3.93. The van der Waals surface area contributed by atoms with Gasteiger partial charge in [0.25, 0.3) is 0 Å². The number of hydrazine groups is 1. The van der Waals surface area contributed by atoms with Crippen molar-refractivity contribution in [2.45, 2.75) is 19.1 Å². The van der Waals surface area contributed by atoms with Crippen LogP contribution in [0.4, 0.5) is 13.2 Å². The lowest BCUT2D eigenvalue weighted by molar-refractivity contribution is -0.138. The molecular formula is C8H10F3N3. The predicted molar refractivity (Wildman–Crippen MR) is 45.0 cm³/mol. The molecule has 0 aliphatic carbocycles. The van der Waals surface area contributed by atoms with Crippen LogP contribution in [-0.2, 0) is 6.18 Å². The molecule has 0 fully saturated rings. The highest BCUT2D eigenvalue weighted by Gasteiger charge is 2.34. The molecule has 0 aromatic carbocycles. The summed E-state index contributed by atoms with van der Waals surface area (Å²) < 4.78 is 37.3. The molecule has 3 N–H and O–H groups in total. The summed E-state index contributed by atoms with van der Waals surface area (Å²) in [6, 6.07) is 0.351. The van der Waals surface area contributed by atoms with Gasteiger partial charge in [-0.1, -0.05) is 0 Å². The first kappa shape index (κ1) is 10.9. The number of aromatic nitrogens is 1. The van der Waals surface area contributed by atoms with Crippen molar-refractivity contribution in [3.63, 3.8) is 0 Å². The molecule has 14 heavy (non-hydrogen) atoms. The maximum atomic E-state index is 12.4. The molecule has 1 heterocycles. The van der Waals surface area contributed by atoms with E-state index in [4.69, 9.17) is 5.84 Å². The molecule has 0 amide bonds. The zero-order valence-electron chi connectivity index (χ0n) is 7.47. The third-order valence-corrected chi connectivity index (χ3v) is 1.87. The summed E-state index contributed by atoms with van der Waals surface area (Å²) >= 11 is 0. The van der Waals surface area contributed by atoms with E-state index < -0.39 is 17.8 Å². The smallest absolute Gasteiger partial charge is 0.271 e. The van der Waals surface area contributed by atoms with E-state index in [1.165, 1.54) is 6.92 Å². The van der Waals surface area contributed by atoms with Gasteiger partial charge >= 0.3 is 6.18 Å². The Morgan fingerprint density at radius 2 is 2.14 bits per heavy atom. The maximum Gasteiger partial charge on any atom is 0.416 e. The molecular weight excluding hydrogens is 195 g/mol. The molecule has 78 valence electrons. The van der Waals surface area contributed by atoms with E-state index in [0.29, 0.717) is 0 Å². The number of alkyl halides is 3. The van der Waals surface area contributed by atoms with Crippen LogP contribution in [-0.4, -0.2) is 4.98 Å². The number of halogens is 3. The Morgan fingerprint density at radius 3 is 2.64 bits per heavy atom. The van der Waals surface area contributed by atoms with Gasteiger partial charge in [-0.25, -0.2) is 0 Å². The van der Waals surface area contributed by atoms with Crippen LogP contribution in [0.25, 0.3) is 0 Å². The lowest BCUT2D eigenvalue weighted by atomic mass is 10.0. The zero-order chi connectivity index (χ0) is 10.8. The van der Waals surface area contributed by atoms with Crippen LogP contribution >= 0.6 is 0 Å². The Kier molecular flexibility index (Phi) is 3.07. The van der Waals surface area contributed by atoms with Gasteiger partial charge in [0.1, 0.15) is 0 Å². The largest absolute Gasteiger partial charge is 0.416 e. The van der Waals surface area contributed by atoms with Gasteiger partial charge in [-0.2, -0.15) is 13.2 Å². The monoisotopic (exact) mass is 205 g/mol. The van der Waals surface area contributed by atoms with Crippen molar-refractivity contribution in [1.82, 2.24) is 10.4 Å². The third-order valence-electron chi connectivity index (χ3n) is 1.87. The van der Waals surface area contributed by atoms with Crippen LogP contribution in [0.2, 0.25) is 0 Å². The van der Waals surface area contributed by atoms with Crippen LogP contribution in [0.5, 0.6) is 0 Å². The Bertz CT molecular complexity index is 311. The Hall–Kier alpha value is -1.14. The molecule has 1 unspecified atom stereocenters. The lowest BCUT2D eigenvalue weighted by Gasteiger charge is -2.16. The molecule has 1 aromatic rings. The van der Waals surface area contributed by atoms with E-state index in [1.54, 1.807) is 0 Å². The van der Waals surface area contributed by atoms with Gasteiger partial charge in [-0.15, -0.1) is 0 Å². The second-order valence-corrected chi connectivity index (χ2v) is 2.85. The normalized spacial score (nSPS) is 14.1. The SMILES string of the molecule is CC(NN)c1cnccc1C(F)(F)F. The van der Waals surface area contributed by atoms with Gasteiger partial charge in [0.2, 0.25) is 0 Å². The highest BCUT2D eigenvalue weighted by molar-refractivity contribution is 5.28. The van der Waals surface area contributed by atoms with Crippen LogP contribution in [0.15, 0.2) is 18.5 Å². The Balaban J connectivity index is 3.16. The summed E-state index contributed by atoms with van der Waals surface area (Å²) in [5.74, 6) is 5.07. The minimum Gasteiger partial charge on any atom is -0.271 e. The van der Waals surface area contributed by atoms with Gasteiger partial charge in [-0.05, 0) is 13.0 Å². The minimum atomic E-state index is -4.37. The van der Waals surface area contributed by atoms with E-state index in [9.17, 15) is 13.2 Å².